The number of ether oxygens (including phenoxy) is 1. The molecule has 0 bridgehead atoms. The van der Waals surface area contributed by atoms with Gasteiger partial charge in [-0.25, -0.2) is 0 Å². The minimum Gasteiger partial charge on any atom is -0.480 e. The molecular formula is C14H19N3O2. The molecule has 0 radical (unpaired) electrons. The number of piperidine rings is 1. The predicted octanol–water partition coefficient (Wildman–Crippen LogP) is 1.89. The average molecular weight is 261 g/mol. The molecule has 2 atom stereocenters. The Morgan fingerprint density at radius 2 is 2.11 bits per heavy atom. The summed E-state index contributed by atoms with van der Waals surface area (Å²) in [5, 5.41) is 7.85. The van der Waals surface area contributed by atoms with Gasteiger partial charge in [-0.2, -0.15) is 0 Å². The molecule has 0 aromatic carbocycles. The molecule has 2 unspecified atom stereocenters. The summed E-state index contributed by atoms with van der Waals surface area (Å²) in [5.41, 5.74) is 0.424. The number of rotatable bonds is 2. The van der Waals surface area contributed by atoms with Gasteiger partial charge >= 0.3 is 0 Å². The van der Waals surface area contributed by atoms with Crippen LogP contribution in [0.15, 0.2) is 12.1 Å². The maximum absolute atomic E-state index is 12.5. The zero-order valence-electron chi connectivity index (χ0n) is 11.2. The molecule has 1 saturated heterocycles. The summed E-state index contributed by atoms with van der Waals surface area (Å²) < 4.78 is 4.97. The lowest BCUT2D eigenvalue weighted by Gasteiger charge is -2.37. The number of hydrogen-bond acceptors (Lipinski definition) is 4. The maximum atomic E-state index is 12.5. The molecule has 0 N–H and O–H groups in total. The number of amides is 1. The third kappa shape index (κ3) is 2.29. The summed E-state index contributed by atoms with van der Waals surface area (Å²) in [6.07, 6.45) is 6.02. The van der Waals surface area contributed by atoms with Gasteiger partial charge in [0.1, 0.15) is 0 Å². The standard InChI is InChI=1S/C14H19N3O2/c1-19-13-8-7-11(15-16-13)14(18)17-9-3-5-10-4-2-6-12(10)17/h7-8,10,12H,2-6,9H2,1H3. The summed E-state index contributed by atoms with van der Waals surface area (Å²) in [5.74, 6) is 1.16. The molecular weight excluding hydrogens is 242 g/mol. The number of methoxy groups -OCH3 is 1. The molecule has 3 rings (SSSR count). The molecule has 102 valence electrons. The Labute approximate surface area is 113 Å². The maximum Gasteiger partial charge on any atom is 0.274 e. The minimum absolute atomic E-state index is 0.0201. The van der Waals surface area contributed by atoms with Crippen LogP contribution in [0, 0.1) is 5.92 Å². The fourth-order valence-electron chi connectivity index (χ4n) is 3.40. The van der Waals surface area contributed by atoms with E-state index in [1.807, 2.05) is 4.90 Å². The highest BCUT2D eigenvalue weighted by Crippen LogP contribution is 2.37. The van der Waals surface area contributed by atoms with Crippen molar-refractivity contribution in [3.8, 4) is 5.88 Å². The second-order valence-electron chi connectivity index (χ2n) is 5.36. The first kappa shape index (κ1) is 12.4. The quantitative estimate of drug-likeness (QED) is 0.815. The highest BCUT2D eigenvalue weighted by Gasteiger charge is 2.37. The molecule has 1 amide bonds. The van der Waals surface area contributed by atoms with Gasteiger partial charge in [-0.1, -0.05) is 6.42 Å². The first-order valence-electron chi connectivity index (χ1n) is 6.98. The van der Waals surface area contributed by atoms with Gasteiger partial charge in [0, 0.05) is 18.7 Å². The van der Waals surface area contributed by atoms with Crippen molar-refractivity contribution < 1.29 is 9.53 Å². The fourth-order valence-corrected chi connectivity index (χ4v) is 3.40. The Kier molecular flexibility index (Phi) is 3.36. The van der Waals surface area contributed by atoms with E-state index in [-0.39, 0.29) is 5.91 Å². The van der Waals surface area contributed by atoms with Crippen LogP contribution in [0.25, 0.3) is 0 Å². The van der Waals surface area contributed by atoms with Crippen LogP contribution in [0.1, 0.15) is 42.6 Å². The monoisotopic (exact) mass is 261 g/mol. The number of aromatic nitrogens is 2. The van der Waals surface area contributed by atoms with E-state index in [1.54, 1.807) is 19.2 Å². The van der Waals surface area contributed by atoms with Crippen LogP contribution >= 0.6 is 0 Å². The van der Waals surface area contributed by atoms with Crippen molar-refractivity contribution in [2.45, 2.75) is 38.1 Å². The number of nitrogens with zero attached hydrogens (tertiary/aromatic N) is 3. The van der Waals surface area contributed by atoms with Gasteiger partial charge in [-0.15, -0.1) is 10.2 Å². The van der Waals surface area contributed by atoms with Crippen LogP contribution in [0.5, 0.6) is 5.88 Å². The van der Waals surface area contributed by atoms with Crippen LogP contribution in [-0.4, -0.2) is 40.7 Å². The summed E-state index contributed by atoms with van der Waals surface area (Å²) in [4.78, 5) is 14.5. The Bertz CT molecular complexity index is 460. The van der Waals surface area contributed by atoms with E-state index in [0.29, 0.717) is 23.5 Å². The molecule has 5 heteroatoms. The molecule has 2 fully saturated rings. The van der Waals surface area contributed by atoms with Gasteiger partial charge in [-0.05, 0) is 37.7 Å². The van der Waals surface area contributed by atoms with Crippen molar-refractivity contribution >= 4 is 5.91 Å². The highest BCUT2D eigenvalue weighted by atomic mass is 16.5. The normalized spacial score (nSPS) is 26.1. The van der Waals surface area contributed by atoms with Gasteiger partial charge in [-0.3, -0.25) is 4.79 Å². The van der Waals surface area contributed by atoms with E-state index in [1.165, 1.54) is 19.3 Å². The van der Waals surface area contributed by atoms with Crippen molar-refractivity contribution in [3.05, 3.63) is 17.8 Å². The number of carbonyl (C=O) groups is 1. The smallest absolute Gasteiger partial charge is 0.274 e. The van der Waals surface area contributed by atoms with Crippen LogP contribution < -0.4 is 4.74 Å². The Morgan fingerprint density at radius 3 is 2.84 bits per heavy atom. The molecule has 1 saturated carbocycles. The van der Waals surface area contributed by atoms with E-state index in [4.69, 9.17) is 4.74 Å². The second kappa shape index (κ2) is 5.15. The van der Waals surface area contributed by atoms with E-state index in [9.17, 15) is 4.79 Å². The average Bonchev–Trinajstić information content (AvgIpc) is 2.95. The summed E-state index contributed by atoms with van der Waals surface area (Å²) >= 11 is 0. The Hall–Kier alpha value is -1.65. The van der Waals surface area contributed by atoms with E-state index in [2.05, 4.69) is 10.2 Å². The van der Waals surface area contributed by atoms with Gasteiger partial charge in [0.25, 0.3) is 5.91 Å². The van der Waals surface area contributed by atoms with Gasteiger partial charge in [0.2, 0.25) is 5.88 Å². The minimum atomic E-state index is 0.0201. The van der Waals surface area contributed by atoms with Crippen molar-refractivity contribution in [2.24, 2.45) is 5.92 Å². The van der Waals surface area contributed by atoms with E-state index in [0.717, 1.165) is 19.4 Å². The lowest BCUT2D eigenvalue weighted by Crippen LogP contribution is -2.46. The molecule has 1 aromatic heterocycles. The van der Waals surface area contributed by atoms with Crippen LogP contribution in [0.4, 0.5) is 0 Å². The SMILES string of the molecule is COc1ccc(C(=O)N2CCCC3CCCC32)nn1. The molecule has 2 aliphatic rings. The van der Waals surface area contributed by atoms with E-state index < -0.39 is 0 Å². The fraction of sp³-hybridized carbons (Fsp3) is 0.643. The van der Waals surface area contributed by atoms with Gasteiger partial charge in [0.05, 0.1) is 7.11 Å². The van der Waals surface area contributed by atoms with Crippen LogP contribution in [0.3, 0.4) is 0 Å². The summed E-state index contributed by atoms with van der Waals surface area (Å²) in [6, 6.07) is 3.81. The lowest BCUT2D eigenvalue weighted by atomic mass is 9.92. The summed E-state index contributed by atoms with van der Waals surface area (Å²) in [7, 11) is 1.54. The molecule has 1 aliphatic carbocycles. The van der Waals surface area contributed by atoms with Crippen LogP contribution in [-0.2, 0) is 0 Å². The zero-order valence-corrected chi connectivity index (χ0v) is 11.2. The number of likely N-dealkylation sites (tertiary alicyclic amines) is 1. The van der Waals surface area contributed by atoms with Crippen molar-refractivity contribution in [1.29, 1.82) is 0 Å². The lowest BCUT2D eigenvalue weighted by molar-refractivity contribution is 0.0541. The molecule has 1 aromatic rings. The van der Waals surface area contributed by atoms with E-state index >= 15 is 0 Å². The largest absolute Gasteiger partial charge is 0.480 e. The topological polar surface area (TPSA) is 55.3 Å². The zero-order chi connectivity index (χ0) is 13.2. The first-order valence-corrected chi connectivity index (χ1v) is 6.98. The highest BCUT2D eigenvalue weighted by molar-refractivity contribution is 5.92. The first-order chi connectivity index (χ1) is 9.29. The Balaban J connectivity index is 1.78. The van der Waals surface area contributed by atoms with Crippen molar-refractivity contribution in [3.63, 3.8) is 0 Å². The molecule has 19 heavy (non-hydrogen) atoms. The third-order valence-electron chi connectivity index (χ3n) is 4.32. The van der Waals surface area contributed by atoms with Gasteiger partial charge in [0.15, 0.2) is 5.69 Å². The number of fused-ring (bicyclic) bond motifs is 1. The second-order valence-corrected chi connectivity index (χ2v) is 5.36. The Morgan fingerprint density at radius 1 is 1.26 bits per heavy atom. The molecule has 0 spiro atoms. The third-order valence-corrected chi connectivity index (χ3v) is 4.32. The van der Waals surface area contributed by atoms with Crippen LogP contribution in [0.2, 0.25) is 0 Å². The van der Waals surface area contributed by atoms with Gasteiger partial charge < -0.3 is 9.64 Å². The number of hydrogen-bond donors (Lipinski definition) is 0. The van der Waals surface area contributed by atoms with Crippen molar-refractivity contribution in [1.82, 2.24) is 15.1 Å². The molecule has 1 aliphatic heterocycles. The number of carbonyl (C=O) groups excluding carboxylic acids is 1. The predicted molar refractivity (Wildman–Crippen MR) is 70.0 cm³/mol. The molecule has 2 heterocycles. The molecule has 5 nitrogen and oxygen atoms in total. The summed E-state index contributed by atoms with van der Waals surface area (Å²) in [6.45, 7) is 0.855. The van der Waals surface area contributed by atoms with Crippen molar-refractivity contribution in [2.75, 3.05) is 13.7 Å².